The first kappa shape index (κ1) is 94.8. The Morgan fingerprint density at radius 2 is 0.683 bits per heavy atom. The monoisotopic (exact) mass is 1430 g/mol. The van der Waals surface area contributed by atoms with Crippen LogP contribution in [0.4, 0.5) is 0 Å². The van der Waals surface area contributed by atoms with E-state index in [1.54, 1.807) is 0 Å². The summed E-state index contributed by atoms with van der Waals surface area (Å²) in [4.78, 5) is 13.4. The van der Waals surface area contributed by atoms with Gasteiger partial charge in [0.25, 0.3) is 0 Å². The molecule has 12 atom stereocenters. The van der Waals surface area contributed by atoms with Crippen LogP contribution in [0.15, 0.2) is 60.8 Å². The fraction of sp³-hybridized carbons (Fsp3) is 0.874. The highest BCUT2D eigenvalue weighted by atomic mass is 16.7. The summed E-state index contributed by atoms with van der Waals surface area (Å²) in [5, 5.41) is 88.0. The Bertz CT molecular complexity index is 1930. The maximum atomic E-state index is 13.4. The van der Waals surface area contributed by atoms with Crippen LogP contribution in [0.1, 0.15) is 393 Å². The van der Waals surface area contributed by atoms with E-state index in [4.69, 9.17) is 18.9 Å². The highest BCUT2D eigenvalue weighted by Crippen LogP contribution is 2.31. The first-order valence-corrected chi connectivity index (χ1v) is 43.0. The van der Waals surface area contributed by atoms with Crippen LogP contribution >= 0.6 is 0 Å². The summed E-state index contributed by atoms with van der Waals surface area (Å²) in [6.45, 7) is 2.82. The smallest absolute Gasteiger partial charge is 0.220 e. The van der Waals surface area contributed by atoms with Crippen molar-refractivity contribution in [2.24, 2.45) is 0 Å². The fourth-order valence-electron chi connectivity index (χ4n) is 14.3. The molecule has 0 saturated carbocycles. The van der Waals surface area contributed by atoms with E-state index in [0.717, 1.165) is 83.5 Å². The first-order valence-electron chi connectivity index (χ1n) is 43.0. The van der Waals surface area contributed by atoms with E-state index >= 15 is 0 Å². The van der Waals surface area contributed by atoms with Crippen LogP contribution in [-0.4, -0.2) is 140 Å². The zero-order valence-electron chi connectivity index (χ0n) is 65.2. The van der Waals surface area contributed by atoms with Gasteiger partial charge < -0.3 is 65.1 Å². The predicted octanol–water partition coefficient (Wildman–Crippen LogP) is 20.3. The SMILES string of the molecule is CC/C=C\C/C=C\C/C=C\C/C=C\C/C=C\CCCCCCCCCCCCCCCCCCCCCCCC(=O)NC(COC1OC(CO)C(OC2OC(CO)C(O)C(O)C2O)C(O)C1O)C(O)CCCCCCCCCCCCCCCCCCCCCCCCCCCCCCCC. The minimum atomic E-state index is -1.78. The molecule has 0 aliphatic carbocycles. The lowest BCUT2D eigenvalue weighted by atomic mass is 9.97. The largest absolute Gasteiger partial charge is 0.394 e. The standard InChI is InChI=1S/C87H161NO13/c1-3-5-7-9-11-13-15-17-19-21-23-25-27-29-31-33-35-36-37-38-39-40-41-43-45-47-49-51-53-55-57-59-61-63-65-67-69-71-79(92)88-75(74-98-86-84(97)82(95)85(78(73-90)100-86)101-87-83(96)81(94)80(93)77(72-89)99-87)76(91)70-68-66-64-62-60-58-56-54-52-50-48-46-44-42-34-32-30-28-26-24-22-20-18-16-14-12-10-8-6-4-2/h5,7,11,13,17,19,23,25,29,31,75-78,80-87,89-91,93-97H,3-4,6,8-10,12,14-16,18,20-22,24,26-28,30,32-74H2,1-2H3,(H,88,92)/b7-5-,13-11-,19-17-,25-23-,31-29-. The Morgan fingerprint density at radius 1 is 0.366 bits per heavy atom. The van der Waals surface area contributed by atoms with Crippen LogP contribution in [0.5, 0.6) is 0 Å². The molecule has 0 aromatic carbocycles. The molecular weight excluding hydrogens is 1270 g/mol. The van der Waals surface area contributed by atoms with Crippen molar-refractivity contribution in [3.63, 3.8) is 0 Å². The van der Waals surface area contributed by atoms with E-state index in [2.05, 4.69) is 79.9 Å². The number of aliphatic hydroxyl groups excluding tert-OH is 8. The van der Waals surface area contributed by atoms with Crippen LogP contribution in [-0.2, 0) is 23.7 Å². The van der Waals surface area contributed by atoms with Crippen molar-refractivity contribution < 1.29 is 64.6 Å². The molecule has 2 aliphatic heterocycles. The van der Waals surface area contributed by atoms with Crippen molar-refractivity contribution >= 4 is 5.91 Å². The number of ether oxygens (including phenoxy) is 4. The fourth-order valence-corrected chi connectivity index (χ4v) is 14.3. The van der Waals surface area contributed by atoms with E-state index in [1.165, 1.54) is 283 Å². The molecule has 14 heteroatoms. The Hall–Kier alpha value is -2.31. The predicted molar refractivity (Wildman–Crippen MR) is 420 cm³/mol. The second-order valence-corrected chi connectivity index (χ2v) is 30.3. The van der Waals surface area contributed by atoms with Gasteiger partial charge >= 0.3 is 0 Å². The van der Waals surface area contributed by atoms with E-state index in [1.807, 2.05) is 0 Å². The number of hydrogen-bond acceptors (Lipinski definition) is 13. The number of nitrogens with one attached hydrogen (secondary N) is 1. The molecule has 2 rings (SSSR count). The number of aliphatic hydroxyl groups is 8. The molecule has 0 radical (unpaired) electrons. The molecule has 2 fully saturated rings. The third kappa shape index (κ3) is 53.2. The number of hydrogen-bond donors (Lipinski definition) is 9. The number of carbonyl (C=O) groups is 1. The van der Waals surface area contributed by atoms with Gasteiger partial charge in [-0.2, -0.15) is 0 Å². The highest BCUT2D eigenvalue weighted by Gasteiger charge is 2.51. The van der Waals surface area contributed by atoms with Gasteiger partial charge in [-0.15, -0.1) is 0 Å². The van der Waals surface area contributed by atoms with Gasteiger partial charge in [-0.05, 0) is 57.8 Å². The molecule has 0 spiro atoms. The normalized spacial score (nSPS) is 22.0. The Morgan fingerprint density at radius 3 is 1.05 bits per heavy atom. The molecule has 101 heavy (non-hydrogen) atoms. The number of unbranched alkanes of at least 4 members (excludes halogenated alkanes) is 50. The zero-order valence-corrected chi connectivity index (χ0v) is 65.2. The summed E-state index contributed by atoms with van der Waals surface area (Å²) in [6, 6.07) is -0.831. The van der Waals surface area contributed by atoms with Gasteiger partial charge in [0.2, 0.25) is 5.91 Å². The number of rotatable bonds is 73. The van der Waals surface area contributed by atoms with Crippen LogP contribution in [0.2, 0.25) is 0 Å². The third-order valence-electron chi connectivity index (χ3n) is 21.0. The summed E-state index contributed by atoms with van der Waals surface area (Å²) in [5.74, 6) is -0.199. The van der Waals surface area contributed by atoms with Crippen molar-refractivity contribution in [1.29, 1.82) is 0 Å². The quantitative estimate of drug-likeness (QED) is 0.0204. The van der Waals surface area contributed by atoms with E-state index in [0.29, 0.717) is 12.8 Å². The molecule has 0 aromatic rings. The molecule has 14 nitrogen and oxygen atoms in total. The van der Waals surface area contributed by atoms with Crippen molar-refractivity contribution in [3.8, 4) is 0 Å². The van der Waals surface area contributed by atoms with Crippen LogP contribution in [0, 0.1) is 0 Å². The Kier molecular flexibility index (Phi) is 66.3. The Labute approximate surface area is 619 Å². The molecule has 12 unspecified atom stereocenters. The van der Waals surface area contributed by atoms with E-state index in [9.17, 15) is 45.6 Å². The Balaban J connectivity index is 1.57. The van der Waals surface area contributed by atoms with Crippen molar-refractivity contribution in [3.05, 3.63) is 60.8 Å². The second kappa shape index (κ2) is 70.7. The van der Waals surface area contributed by atoms with Crippen LogP contribution < -0.4 is 5.32 Å². The van der Waals surface area contributed by atoms with Gasteiger partial charge in [-0.1, -0.05) is 389 Å². The van der Waals surface area contributed by atoms with Crippen molar-refractivity contribution in [2.75, 3.05) is 19.8 Å². The molecule has 0 aromatic heterocycles. The second-order valence-electron chi connectivity index (χ2n) is 30.3. The summed E-state index contributed by atoms with van der Waals surface area (Å²) in [6.07, 6.45) is 79.9. The van der Waals surface area contributed by atoms with Gasteiger partial charge in [0.1, 0.15) is 48.8 Å². The lowest BCUT2D eigenvalue weighted by Gasteiger charge is -2.46. The van der Waals surface area contributed by atoms with Crippen molar-refractivity contribution in [1.82, 2.24) is 5.32 Å². The van der Waals surface area contributed by atoms with Crippen LogP contribution in [0.3, 0.4) is 0 Å². The topological polar surface area (TPSA) is 228 Å². The van der Waals surface area contributed by atoms with E-state index < -0.39 is 86.8 Å². The molecule has 2 heterocycles. The number of amides is 1. The first-order chi connectivity index (χ1) is 49.6. The summed E-state index contributed by atoms with van der Waals surface area (Å²) in [5.41, 5.74) is 0. The summed E-state index contributed by atoms with van der Waals surface area (Å²) >= 11 is 0. The van der Waals surface area contributed by atoms with Gasteiger partial charge in [0, 0.05) is 6.42 Å². The van der Waals surface area contributed by atoms with Gasteiger partial charge in [0.05, 0.1) is 32.0 Å². The average Bonchev–Trinajstić information content (AvgIpc) is 0.792. The third-order valence-corrected chi connectivity index (χ3v) is 21.0. The highest BCUT2D eigenvalue weighted by molar-refractivity contribution is 5.76. The molecule has 9 N–H and O–H groups in total. The lowest BCUT2D eigenvalue weighted by molar-refractivity contribution is -0.359. The average molecular weight is 1430 g/mol. The summed E-state index contributed by atoms with van der Waals surface area (Å²) < 4.78 is 23.0. The molecular formula is C87H161NO13. The van der Waals surface area contributed by atoms with Crippen molar-refractivity contribution in [2.45, 2.75) is 466 Å². The minimum absolute atomic E-state index is 0.199. The molecule has 2 aliphatic rings. The molecule has 592 valence electrons. The van der Waals surface area contributed by atoms with Gasteiger partial charge in [0.15, 0.2) is 12.6 Å². The lowest BCUT2D eigenvalue weighted by Crippen LogP contribution is -2.65. The molecule has 2 saturated heterocycles. The van der Waals surface area contributed by atoms with E-state index in [-0.39, 0.29) is 12.5 Å². The van der Waals surface area contributed by atoms with Gasteiger partial charge in [-0.3, -0.25) is 4.79 Å². The number of carbonyl (C=O) groups excluding carboxylic acids is 1. The maximum absolute atomic E-state index is 13.4. The zero-order chi connectivity index (χ0) is 73.0. The van der Waals surface area contributed by atoms with Gasteiger partial charge in [-0.25, -0.2) is 0 Å². The summed E-state index contributed by atoms with van der Waals surface area (Å²) in [7, 11) is 0. The minimum Gasteiger partial charge on any atom is -0.394 e. The molecule has 1 amide bonds. The van der Waals surface area contributed by atoms with Crippen LogP contribution in [0.25, 0.3) is 0 Å². The maximum Gasteiger partial charge on any atom is 0.220 e. The number of allylic oxidation sites excluding steroid dienone is 10. The molecule has 0 bridgehead atoms.